The lowest BCUT2D eigenvalue weighted by Crippen LogP contribution is -2.66. The van der Waals surface area contributed by atoms with Gasteiger partial charge in [0.15, 0.2) is 0 Å². The van der Waals surface area contributed by atoms with Crippen molar-refractivity contribution in [2.45, 2.75) is 38.9 Å². The number of nitrogens with zero attached hydrogens (tertiary/aromatic N) is 2. The van der Waals surface area contributed by atoms with Crippen LogP contribution >= 0.6 is 0 Å². The van der Waals surface area contributed by atoms with E-state index in [4.69, 9.17) is 0 Å². The highest BCUT2D eigenvalue weighted by Crippen LogP contribution is 2.29. The van der Waals surface area contributed by atoms with Crippen molar-refractivity contribution in [1.29, 1.82) is 0 Å². The van der Waals surface area contributed by atoms with E-state index in [9.17, 15) is 4.79 Å². The third kappa shape index (κ3) is 2.21. The van der Waals surface area contributed by atoms with Gasteiger partial charge in [-0.25, -0.2) is 4.79 Å². The van der Waals surface area contributed by atoms with Gasteiger partial charge in [0.05, 0.1) is 6.04 Å². The highest BCUT2D eigenvalue weighted by Gasteiger charge is 2.40. The van der Waals surface area contributed by atoms with Gasteiger partial charge in [0.1, 0.15) is 0 Å². The molecule has 0 aliphatic carbocycles. The normalized spacial score (nSPS) is 20.8. The summed E-state index contributed by atoms with van der Waals surface area (Å²) in [5.74, 6) is 0. The van der Waals surface area contributed by atoms with Gasteiger partial charge in [-0.05, 0) is 32.4 Å². The fraction of sp³-hybridized carbons (Fsp3) is 0.533. The van der Waals surface area contributed by atoms with Gasteiger partial charge in [-0.3, -0.25) is 4.90 Å². The number of likely N-dealkylation sites (tertiary alicyclic amines) is 1. The molecule has 2 aliphatic heterocycles. The Hall–Kier alpha value is -1.55. The molecule has 1 fully saturated rings. The summed E-state index contributed by atoms with van der Waals surface area (Å²) in [6.07, 6.45) is 0. The lowest BCUT2D eigenvalue weighted by atomic mass is 9.96. The summed E-state index contributed by atoms with van der Waals surface area (Å²) in [6, 6.07) is 8.41. The Balaban J connectivity index is 1.70. The van der Waals surface area contributed by atoms with E-state index >= 15 is 0 Å². The zero-order valence-electron chi connectivity index (χ0n) is 11.8. The van der Waals surface area contributed by atoms with E-state index in [0.29, 0.717) is 6.04 Å². The van der Waals surface area contributed by atoms with Crippen molar-refractivity contribution in [3.8, 4) is 0 Å². The molecule has 0 unspecified atom stereocenters. The van der Waals surface area contributed by atoms with Crippen molar-refractivity contribution in [2.75, 3.05) is 18.4 Å². The zero-order valence-corrected chi connectivity index (χ0v) is 11.8. The molecule has 1 N–H and O–H groups in total. The van der Waals surface area contributed by atoms with Crippen LogP contribution in [0.15, 0.2) is 24.3 Å². The van der Waals surface area contributed by atoms with Gasteiger partial charge >= 0.3 is 6.03 Å². The minimum absolute atomic E-state index is 0.0391. The second kappa shape index (κ2) is 4.23. The van der Waals surface area contributed by atoms with Crippen LogP contribution in [0.5, 0.6) is 0 Å². The number of rotatable bonds is 1. The minimum Gasteiger partial charge on any atom is -0.315 e. The second-order valence-corrected chi connectivity index (χ2v) is 6.44. The number of benzene rings is 1. The molecule has 4 nitrogen and oxygen atoms in total. The maximum Gasteiger partial charge on any atom is 0.322 e. The van der Waals surface area contributed by atoms with E-state index in [1.807, 2.05) is 23.1 Å². The number of urea groups is 1. The first-order chi connectivity index (χ1) is 8.95. The second-order valence-electron chi connectivity index (χ2n) is 6.44. The Labute approximate surface area is 114 Å². The van der Waals surface area contributed by atoms with E-state index in [1.165, 1.54) is 5.56 Å². The number of para-hydroxylation sites is 1. The molecule has 0 bridgehead atoms. The van der Waals surface area contributed by atoms with Crippen molar-refractivity contribution in [3.63, 3.8) is 0 Å². The molecule has 1 aromatic rings. The van der Waals surface area contributed by atoms with Crippen LogP contribution in [0.1, 0.15) is 26.3 Å². The Morgan fingerprint density at radius 2 is 1.89 bits per heavy atom. The molecule has 1 aromatic carbocycles. The maximum atomic E-state index is 12.1. The number of carbonyl (C=O) groups is 1. The lowest BCUT2D eigenvalue weighted by Gasteiger charge is -2.52. The van der Waals surface area contributed by atoms with Crippen molar-refractivity contribution in [1.82, 2.24) is 9.80 Å². The number of hydrogen-bond acceptors (Lipinski definition) is 2. The highest BCUT2D eigenvalue weighted by molar-refractivity contribution is 5.92. The van der Waals surface area contributed by atoms with Crippen LogP contribution in [0.3, 0.4) is 0 Å². The molecule has 102 valence electrons. The molecule has 0 aromatic heterocycles. The SMILES string of the molecule is CC(C)(C)N1CC(N2Cc3ccccc3NC2=O)C1. The fourth-order valence-corrected chi connectivity index (χ4v) is 2.72. The summed E-state index contributed by atoms with van der Waals surface area (Å²) in [7, 11) is 0. The topological polar surface area (TPSA) is 35.6 Å². The minimum atomic E-state index is 0.0391. The summed E-state index contributed by atoms with van der Waals surface area (Å²) < 4.78 is 0. The molecule has 2 aliphatic rings. The van der Waals surface area contributed by atoms with Gasteiger partial charge in [0, 0.05) is 30.9 Å². The molecule has 1 saturated heterocycles. The van der Waals surface area contributed by atoms with Crippen LogP contribution in [0.4, 0.5) is 10.5 Å². The van der Waals surface area contributed by atoms with Crippen LogP contribution in [0, 0.1) is 0 Å². The molecule has 2 heterocycles. The molecule has 0 radical (unpaired) electrons. The average Bonchev–Trinajstić information content (AvgIpc) is 2.26. The van der Waals surface area contributed by atoms with E-state index in [-0.39, 0.29) is 11.6 Å². The molecule has 19 heavy (non-hydrogen) atoms. The summed E-state index contributed by atoms with van der Waals surface area (Å²) in [5, 5.41) is 2.98. The Bertz CT molecular complexity index is 500. The van der Waals surface area contributed by atoms with Crippen LogP contribution in [0.2, 0.25) is 0 Å². The molecule has 4 heteroatoms. The quantitative estimate of drug-likeness (QED) is 0.841. The third-order valence-corrected chi connectivity index (χ3v) is 4.11. The molecule has 0 atom stereocenters. The monoisotopic (exact) mass is 259 g/mol. The van der Waals surface area contributed by atoms with Crippen LogP contribution in [-0.4, -0.2) is 40.5 Å². The first kappa shape index (κ1) is 12.5. The van der Waals surface area contributed by atoms with Crippen LogP contribution in [0.25, 0.3) is 0 Å². The average molecular weight is 259 g/mol. The van der Waals surface area contributed by atoms with E-state index in [2.05, 4.69) is 37.1 Å². The highest BCUT2D eigenvalue weighted by atomic mass is 16.2. The van der Waals surface area contributed by atoms with E-state index in [1.54, 1.807) is 0 Å². The van der Waals surface area contributed by atoms with Crippen LogP contribution in [-0.2, 0) is 6.54 Å². The van der Waals surface area contributed by atoms with Gasteiger partial charge in [0.25, 0.3) is 0 Å². The first-order valence-corrected chi connectivity index (χ1v) is 6.86. The van der Waals surface area contributed by atoms with Crippen molar-refractivity contribution in [3.05, 3.63) is 29.8 Å². The first-order valence-electron chi connectivity index (χ1n) is 6.86. The zero-order chi connectivity index (χ0) is 13.6. The van der Waals surface area contributed by atoms with Gasteiger partial charge in [-0.1, -0.05) is 18.2 Å². The largest absolute Gasteiger partial charge is 0.322 e. The maximum absolute atomic E-state index is 12.1. The van der Waals surface area contributed by atoms with Gasteiger partial charge in [0.2, 0.25) is 0 Å². The van der Waals surface area contributed by atoms with Crippen molar-refractivity contribution < 1.29 is 4.79 Å². The van der Waals surface area contributed by atoms with E-state index in [0.717, 1.165) is 25.3 Å². The number of amides is 2. The van der Waals surface area contributed by atoms with Gasteiger partial charge < -0.3 is 10.2 Å². The summed E-state index contributed by atoms with van der Waals surface area (Å²) in [4.78, 5) is 16.5. The summed E-state index contributed by atoms with van der Waals surface area (Å²) in [5.41, 5.74) is 2.35. The van der Waals surface area contributed by atoms with Crippen LogP contribution < -0.4 is 5.32 Å². The summed E-state index contributed by atoms with van der Waals surface area (Å²) >= 11 is 0. The summed E-state index contributed by atoms with van der Waals surface area (Å²) in [6.45, 7) is 9.32. The molecule has 0 saturated carbocycles. The van der Waals surface area contributed by atoms with Crippen molar-refractivity contribution >= 4 is 11.7 Å². The predicted octanol–water partition coefficient (Wildman–Crippen LogP) is 2.52. The number of carbonyl (C=O) groups excluding carboxylic acids is 1. The number of hydrogen-bond donors (Lipinski definition) is 1. The van der Waals surface area contributed by atoms with Crippen molar-refractivity contribution in [2.24, 2.45) is 0 Å². The molecule has 3 rings (SSSR count). The van der Waals surface area contributed by atoms with E-state index < -0.39 is 0 Å². The Morgan fingerprint density at radius 1 is 1.21 bits per heavy atom. The number of fused-ring (bicyclic) bond motifs is 1. The van der Waals surface area contributed by atoms with Gasteiger partial charge in [-0.15, -0.1) is 0 Å². The predicted molar refractivity (Wildman–Crippen MR) is 76.1 cm³/mol. The molecule has 2 amide bonds. The Kier molecular flexibility index (Phi) is 2.78. The molecular weight excluding hydrogens is 238 g/mol. The lowest BCUT2D eigenvalue weighted by molar-refractivity contribution is -0.00811. The Morgan fingerprint density at radius 3 is 2.58 bits per heavy atom. The molecule has 0 spiro atoms. The molecular formula is C15H21N3O. The third-order valence-electron chi connectivity index (χ3n) is 4.11. The van der Waals surface area contributed by atoms with Gasteiger partial charge in [-0.2, -0.15) is 0 Å². The fourth-order valence-electron chi connectivity index (χ4n) is 2.72. The standard InChI is InChI=1S/C15H21N3O/c1-15(2,3)17-9-12(10-17)18-8-11-6-4-5-7-13(11)16-14(18)19/h4-7,12H,8-10H2,1-3H3,(H,16,19). The number of anilines is 1. The smallest absolute Gasteiger partial charge is 0.315 e. The number of nitrogens with one attached hydrogen (secondary N) is 1.